The van der Waals surface area contributed by atoms with Crippen molar-refractivity contribution < 1.29 is 0 Å². The van der Waals surface area contributed by atoms with E-state index in [1.165, 1.54) is 16.7 Å². The third kappa shape index (κ3) is 6.00. The molecule has 2 aromatic rings. The van der Waals surface area contributed by atoms with Crippen LogP contribution >= 0.6 is 0 Å². The van der Waals surface area contributed by atoms with Gasteiger partial charge in [0.1, 0.15) is 0 Å². The van der Waals surface area contributed by atoms with E-state index in [0.717, 1.165) is 0 Å². The van der Waals surface area contributed by atoms with Crippen molar-refractivity contribution in [3.8, 4) is 11.1 Å². The third-order valence-electron chi connectivity index (χ3n) is 2.07. The van der Waals surface area contributed by atoms with Crippen LogP contribution in [0.4, 0.5) is 0 Å². The van der Waals surface area contributed by atoms with Gasteiger partial charge in [-0.05, 0) is 37.1 Å². The summed E-state index contributed by atoms with van der Waals surface area (Å²) in [5.41, 5.74) is 3.75. The van der Waals surface area contributed by atoms with Gasteiger partial charge in [0.2, 0.25) is 0 Å². The first-order chi connectivity index (χ1) is 8.77. The summed E-state index contributed by atoms with van der Waals surface area (Å²) in [7, 11) is 0. The minimum absolute atomic E-state index is 1.22. The van der Waals surface area contributed by atoms with E-state index in [4.69, 9.17) is 0 Å². The number of nitrogens with zero attached hydrogens (tertiary/aromatic N) is 1. The Kier molecular flexibility index (Phi) is 9.20. The van der Waals surface area contributed by atoms with Crippen LogP contribution in [0.2, 0.25) is 0 Å². The van der Waals surface area contributed by atoms with Gasteiger partial charge in [0.25, 0.3) is 0 Å². The first-order valence-electron chi connectivity index (χ1n) is 6.32. The Hall–Kier alpha value is -1.89. The first kappa shape index (κ1) is 16.1. The number of aromatic nitrogens is 1. The summed E-state index contributed by atoms with van der Waals surface area (Å²) in [4.78, 5) is 3.99. The molecule has 0 spiro atoms. The molecule has 0 fully saturated rings. The molecule has 0 N–H and O–H groups in total. The van der Waals surface area contributed by atoms with Gasteiger partial charge in [-0.1, -0.05) is 49.8 Å². The standard InChI is InChI=1S/C12H11N.C3H6.C2H6/c1-10-2-4-11(5-3-10)12-6-8-13-9-7-12;1-3-2;1-2/h2-9H,1H3;3H,1H2,2H3;1-2H3. The van der Waals surface area contributed by atoms with Gasteiger partial charge in [-0.15, -0.1) is 6.58 Å². The zero-order valence-electron chi connectivity index (χ0n) is 11.9. The molecule has 1 nitrogen and oxygen atoms in total. The largest absolute Gasteiger partial charge is 0.265 e. The number of benzene rings is 1. The molecule has 0 radical (unpaired) electrons. The quantitative estimate of drug-likeness (QED) is 0.619. The molecule has 1 heteroatoms. The van der Waals surface area contributed by atoms with Crippen LogP contribution in [0, 0.1) is 6.92 Å². The predicted octanol–water partition coefficient (Wildman–Crippen LogP) is 5.28. The highest BCUT2D eigenvalue weighted by Crippen LogP contribution is 2.17. The lowest BCUT2D eigenvalue weighted by Crippen LogP contribution is -1.78. The molecule has 0 aliphatic heterocycles. The smallest absolute Gasteiger partial charge is 0.0273 e. The number of pyridine rings is 1. The summed E-state index contributed by atoms with van der Waals surface area (Å²) in [6, 6.07) is 12.5. The Balaban J connectivity index is 0.000000509. The van der Waals surface area contributed by atoms with Crippen molar-refractivity contribution in [1.29, 1.82) is 0 Å². The van der Waals surface area contributed by atoms with E-state index in [1.807, 2.05) is 45.3 Å². The Morgan fingerprint density at radius 1 is 0.889 bits per heavy atom. The van der Waals surface area contributed by atoms with Crippen LogP contribution in [0.5, 0.6) is 0 Å². The van der Waals surface area contributed by atoms with Crippen molar-refractivity contribution in [3.05, 3.63) is 67.0 Å². The van der Waals surface area contributed by atoms with Gasteiger partial charge in [-0.25, -0.2) is 0 Å². The fourth-order valence-electron chi connectivity index (χ4n) is 1.29. The molecule has 0 amide bonds. The van der Waals surface area contributed by atoms with Gasteiger partial charge in [0, 0.05) is 12.4 Å². The highest BCUT2D eigenvalue weighted by atomic mass is 14.6. The number of rotatable bonds is 1. The summed E-state index contributed by atoms with van der Waals surface area (Å²) in [5, 5.41) is 0. The minimum atomic E-state index is 1.22. The Bertz CT molecular complexity index is 415. The van der Waals surface area contributed by atoms with Gasteiger partial charge in [0.05, 0.1) is 0 Å². The molecule has 0 aliphatic rings. The second kappa shape index (κ2) is 10.3. The highest BCUT2D eigenvalue weighted by Gasteiger charge is 1.94. The van der Waals surface area contributed by atoms with Crippen LogP contribution in [0.1, 0.15) is 26.3 Å². The first-order valence-corrected chi connectivity index (χ1v) is 6.32. The fraction of sp³-hybridized carbons (Fsp3) is 0.235. The van der Waals surface area contributed by atoms with Gasteiger partial charge >= 0.3 is 0 Å². The maximum atomic E-state index is 3.99. The SMILES string of the molecule is C=CC.CC.Cc1ccc(-c2ccncc2)cc1. The zero-order chi connectivity index (χ0) is 13.8. The Morgan fingerprint density at radius 3 is 1.72 bits per heavy atom. The third-order valence-corrected chi connectivity index (χ3v) is 2.07. The van der Waals surface area contributed by atoms with E-state index < -0.39 is 0 Å². The van der Waals surface area contributed by atoms with E-state index in [1.54, 1.807) is 6.08 Å². The van der Waals surface area contributed by atoms with Crippen LogP contribution < -0.4 is 0 Å². The number of allylic oxidation sites excluding steroid dienone is 1. The minimum Gasteiger partial charge on any atom is -0.265 e. The van der Waals surface area contributed by atoms with Crippen LogP contribution in [-0.2, 0) is 0 Å². The number of aryl methyl sites for hydroxylation is 1. The normalized spacial score (nSPS) is 8.22. The lowest BCUT2D eigenvalue weighted by Gasteiger charge is -2.00. The summed E-state index contributed by atoms with van der Waals surface area (Å²) in [6.07, 6.45) is 5.38. The van der Waals surface area contributed by atoms with E-state index in [-0.39, 0.29) is 0 Å². The molecule has 18 heavy (non-hydrogen) atoms. The number of hydrogen-bond donors (Lipinski definition) is 0. The Labute approximate surface area is 111 Å². The van der Waals surface area contributed by atoms with Crippen LogP contribution in [-0.4, -0.2) is 4.98 Å². The second-order valence-electron chi connectivity index (χ2n) is 3.51. The summed E-state index contributed by atoms with van der Waals surface area (Å²) in [5.74, 6) is 0. The van der Waals surface area contributed by atoms with E-state index in [0.29, 0.717) is 0 Å². The molecule has 1 heterocycles. The Morgan fingerprint density at radius 2 is 1.28 bits per heavy atom. The maximum absolute atomic E-state index is 3.99. The topological polar surface area (TPSA) is 12.9 Å². The van der Waals surface area contributed by atoms with Crippen molar-refractivity contribution in [2.24, 2.45) is 0 Å². The van der Waals surface area contributed by atoms with Crippen molar-refractivity contribution in [2.75, 3.05) is 0 Å². The molecule has 1 aromatic heterocycles. The molecule has 0 atom stereocenters. The summed E-state index contributed by atoms with van der Waals surface area (Å²) >= 11 is 0. The monoisotopic (exact) mass is 241 g/mol. The molecule has 1 aromatic carbocycles. The average Bonchev–Trinajstić information content (AvgIpc) is 2.44. The van der Waals surface area contributed by atoms with Crippen molar-refractivity contribution in [1.82, 2.24) is 4.98 Å². The molecular weight excluding hydrogens is 218 g/mol. The molecule has 0 saturated heterocycles. The lowest BCUT2D eigenvalue weighted by molar-refractivity contribution is 1.33. The molecule has 2 rings (SSSR count). The fourth-order valence-corrected chi connectivity index (χ4v) is 1.29. The molecule has 96 valence electrons. The second-order valence-corrected chi connectivity index (χ2v) is 3.51. The number of hydrogen-bond acceptors (Lipinski definition) is 1. The summed E-state index contributed by atoms with van der Waals surface area (Å²) in [6.45, 7) is 11.3. The van der Waals surface area contributed by atoms with Gasteiger partial charge < -0.3 is 0 Å². The van der Waals surface area contributed by atoms with E-state index in [2.05, 4.69) is 42.8 Å². The van der Waals surface area contributed by atoms with Gasteiger partial charge in [-0.2, -0.15) is 0 Å². The van der Waals surface area contributed by atoms with Crippen LogP contribution in [0.15, 0.2) is 61.4 Å². The van der Waals surface area contributed by atoms with Gasteiger partial charge in [-0.3, -0.25) is 4.98 Å². The van der Waals surface area contributed by atoms with Crippen molar-refractivity contribution in [3.63, 3.8) is 0 Å². The zero-order valence-corrected chi connectivity index (χ0v) is 11.9. The molecule has 0 bridgehead atoms. The average molecular weight is 241 g/mol. The molecular formula is C17H23N. The van der Waals surface area contributed by atoms with Crippen LogP contribution in [0.25, 0.3) is 11.1 Å². The van der Waals surface area contributed by atoms with E-state index in [9.17, 15) is 0 Å². The highest BCUT2D eigenvalue weighted by molar-refractivity contribution is 5.62. The van der Waals surface area contributed by atoms with Crippen molar-refractivity contribution >= 4 is 0 Å². The predicted molar refractivity (Wildman–Crippen MR) is 81.6 cm³/mol. The summed E-state index contributed by atoms with van der Waals surface area (Å²) < 4.78 is 0. The van der Waals surface area contributed by atoms with Crippen LogP contribution in [0.3, 0.4) is 0 Å². The maximum Gasteiger partial charge on any atom is 0.0273 e. The molecule has 0 unspecified atom stereocenters. The van der Waals surface area contributed by atoms with E-state index >= 15 is 0 Å². The van der Waals surface area contributed by atoms with Gasteiger partial charge in [0.15, 0.2) is 0 Å². The molecule has 0 saturated carbocycles. The molecule has 0 aliphatic carbocycles. The lowest BCUT2D eigenvalue weighted by atomic mass is 10.1. The van der Waals surface area contributed by atoms with Crippen molar-refractivity contribution in [2.45, 2.75) is 27.7 Å².